The molecule has 0 bridgehead atoms. The first-order valence-electron chi connectivity index (χ1n) is 6.47. The number of furan rings is 1. The van der Waals surface area contributed by atoms with E-state index in [0.717, 1.165) is 18.7 Å². The number of rotatable bonds is 4. The van der Waals surface area contributed by atoms with Crippen LogP contribution in [0.2, 0.25) is 0 Å². The van der Waals surface area contributed by atoms with Crippen molar-refractivity contribution in [3.05, 3.63) is 24.2 Å². The zero-order chi connectivity index (χ0) is 13.0. The quantitative estimate of drug-likeness (QED) is 0.826. The van der Waals surface area contributed by atoms with E-state index < -0.39 is 0 Å². The van der Waals surface area contributed by atoms with E-state index >= 15 is 0 Å². The highest BCUT2D eigenvalue weighted by Gasteiger charge is 2.29. The summed E-state index contributed by atoms with van der Waals surface area (Å²) >= 11 is 0. The van der Waals surface area contributed by atoms with Gasteiger partial charge in [-0.1, -0.05) is 0 Å². The molecule has 1 amide bonds. The first-order chi connectivity index (χ1) is 8.70. The lowest BCUT2D eigenvalue weighted by Crippen LogP contribution is -2.45. The van der Waals surface area contributed by atoms with Gasteiger partial charge >= 0.3 is 0 Å². The normalized spacial score (nSPS) is 25.8. The van der Waals surface area contributed by atoms with Gasteiger partial charge in [0, 0.05) is 12.6 Å². The highest BCUT2D eigenvalue weighted by Crippen LogP contribution is 2.15. The minimum absolute atomic E-state index is 0.0806. The van der Waals surface area contributed by atoms with E-state index in [1.165, 1.54) is 0 Å². The Morgan fingerprint density at radius 1 is 1.61 bits per heavy atom. The molecule has 2 heterocycles. The van der Waals surface area contributed by atoms with Crippen LogP contribution in [-0.2, 0) is 11.3 Å². The Hall–Kier alpha value is -1.33. The van der Waals surface area contributed by atoms with E-state index in [9.17, 15) is 4.79 Å². The van der Waals surface area contributed by atoms with E-state index in [-0.39, 0.29) is 18.0 Å². The van der Waals surface area contributed by atoms with E-state index in [1.54, 1.807) is 6.26 Å². The summed E-state index contributed by atoms with van der Waals surface area (Å²) in [7, 11) is 0. The van der Waals surface area contributed by atoms with Gasteiger partial charge in [-0.15, -0.1) is 0 Å². The van der Waals surface area contributed by atoms with Crippen molar-refractivity contribution < 1.29 is 9.21 Å². The fourth-order valence-electron chi connectivity index (χ4n) is 2.36. The van der Waals surface area contributed by atoms with Gasteiger partial charge in [0.15, 0.2) is 0 Å². The predicted octanol–water partition coefficient (Wildman–Crippen LogP) is 0.707. The third kappa shape index (κ3) is 3.11. The molecule has 1 saturated heterocycles. The lowest BCUT2D eigenvalue weighted by atomic mass is 10.1. The fraction of sp³-hybridized carbons (Fsp3) is 0.615. The number of nitrogens with one attached hydrogen (secondary N) is 1. The van der Waals surface area contributed by atoms with E-state index in [1.807, 2.05) is 19.1 Å². The molecule has 0 radical (unpaired) electrons. The summed E-state index contributed by atoms with van der Waals surface area (Å²) in [6.07, 6.45) is 3.29. The monoisotopic (exact) mass is 251 g/mol. The molecule has 2 unspecified atom stereocenters. The van der Waals surface area contributed by atoms with Gasteiger partial charge < -0.3 is 15.5 Å². The third-order valence-electron chi connectivity index (χ3n) is 3.36. The topological polar surface area (TPSA) is 71.5 Å². The maximum atomic E-state index is 12.1. The van der Waals surface area contributed by atoms with Crippen LogP contribution in [-0.4, -0.2) is 36.0 Å². The number of carbonyl (C=O) groups excluding carboxylic acids is 1. The molecule has 2 atom stereocenters. The standard InChI is InChI=1S/C13H21N3O2/c1-10-5-7-16(9-11-3-2-8-18-11)12(4-6-14)13(17)15-10/h2-3,8,10,12H,4-7,9,14H2,1H3,(H,15,17). The Morgan fingerprint density at radius 2 is 2.44 bits per heavy atom. The summed E-state index contributed by atoms with van der Waals surface area (Å²) in [4.78, 5) is 14.3. The average Bonchev–Trinajstić information content (AvgIpc) is 2.80. The maximum Gasteiger partial charge on any atom is 0.237 e. The van der Waals surface area contributed by atoms with Gasteiger partial charge in [0.05, 0.1) is 18.8 Å². The zero-order valence-corrected chi connectivity index (χ0v) is 10.8. The highest BCUT2D eigenvalue weighted by atomic mass is 16.3. The van der Waals surface area contributed by atoms with E-state index in [2.05, 4.69) is 10.2 Å². The Morgan fingerprint density at radius 3 is 3.11 bits per heavy atom. The molecule has 18 heavy (non-hydrogen) atoms. The molecule has 1 aliphatic rings. The Kier molecular flexibility index (Phi) is 4.38. The molecule has 1 aromatic rings. The van der Waals surface area contributed by atoms with Crippen molar-refractivity contribution in [3.8, 4) is 0 Å². The molecule has 5 nitrogen and oxygen atoms in total. The molecule has 5 heteroatoms. The van der Waals surface area contributed by atoms with Crippen LogP contribution in [0.4, 0.5) is 0 Å². The van der Waals surface area contributed by atoms with Crippen molar-refractivity contribution in [3.63, 3.8) is 0 Å². The molecule has 1 fully saturated rings. The SMILES string of the molecule is CC1CCN(Cc2ccco2)C(CCN)C(=O)N1. The summed E-state index contributed by atoms with van der Waals surface area (Å²) in [5.41, 5.74) is 5.61. The van der Waals surface area contributed by atoms with Gasteiger partial charge in [-0.05, 0) is 38.4 Å². The van der Waals surface area contributed by atoms with Gasteiger partial charge in [-0.2, -0.15) is 0 Å². The second-order valence-electron chi connectivity index (χ2n) is 4.84. The molecule has 0 spiro atoms. The van der Waals surface area contributed by atoms with Gasteiger partial charge in [-0.25, -0.2) is 0 Å². The lowest BCUT2D eigenvalue weighted by molar-refractivity contribution is -0.126. The van der Waals surface area contributed by atoms with Crippen LogP contribution in [0.1, 0.15) is 25.5 Å². The van der Waals surface area contributed by atoms with E-state index in [4.69, 9.17) is 10.2 Å². The van der Waals surface area contributed by atoms with Crippen LogP contribution < -0.4 is 11.1 Å². The molecule has 1 aliphatic heterocycles. The van der Waals surface area contributed by atoms with Crippen LogP contribution in [0.5, 0.6) is 0 Å². The fourth-order valence-corrected chi connectivity index (χ4v) is 2.36. The maximum absolute atomic E-state index is 12.1. The number of nitrogens with zero attached hydrogens (tertiary/aromatic N) is 1. The van der Waals surface area contributed by atoms with Crippen LogP contribution in [0.15, 0.2) is 22.8 Å². The Labute approximate surface area is 107 Å². The smallest absolute Gasteiger partial charge is 0.237 e. The van der Waals surface area contributed by atoms with Crippen molar-refractivity contribution >= 4 is 5.91 Å². The Bertz CT molecular complexity index is 378. The van der Waals surface area contributed by atoms with Crippen molar-refractivity contribution in [2.24, 2.45) is 5.73 Å². The molecule has 0 aromatic carbocycles. The van der Waals surface area contributed by atoms with Crippen molar-refractivity contribution in [2.45, 2.75) is 38.4 Å². The molecule has 0 saturated carbocycles. The van der Waals surface area contributed by atoms with E-state index in [0.29, 0.717) is 19.5 Å². The summed E-state index contributed by atoms with van der Waals surface area (Å²) < 4.78 is 5.36. The van der Waals surface area contributed by atoms with Gasteiger partial charge in [-0.3, -0.25) is 9.69 Å². The molecular weight excluding hydrogens is 230 g/mol. The van der Waals surface area contributed by atoms with Crippen LogP contribution >= 0.6 is 0 Å². The first-order valence-corrected chi connectivity index (χ1v) is 6.47. The number of nitrogens with two attached hydrogens (primary N) is 1. The third-order valence-corrected chi connectivity index (χ3v) is 3.36. The summed E-state index contributed by atoms with van der Waals surface area (Å²) in [5, 5.41) is 3.02. The van der Waals surface area contributed by atoms with Crippen molar-refractivity contribution in [2.75, 3.05) is 13.1 Å². The lowest BCUT2D eigenvalue weighted by Gasteiger charge is -2.26. The second-order valence-corrected chi connectivity index (χ2v) is 4.84. The van der Waals surface area contributed by atoms with Gasteiger partial charge in [0.1, 0.15) is 5.76 Å². The number of hydrogen-bond donors (Lipinski definition) is 2. The highest BCUT2D eigenvalue weighted by molar-refractivity contribution is 5.82. The molecular formula is C13H21N3O2. The Balaban J connectivity index is 2.10. The molecule has 100 valence electrons. The zero-order valence-electron chi connectivity index (χ0n) is 10.8. The average molecular weight is 251 g/mol. The van der Waals surface area contributed by atoms with Gasteiger partial charge in [0.25, 0.3) is 0 Å². The predicted molar refractivity (Wildman–Crippen MR) is 68.8 cm³/mol. The van der Waals surface area contributed by atoms with Crippen molar-refractivity contribution in [1.29, 1.82) is 0 Å². The largest absolute Gasteiger partial charge is 0.468 e. The first kappa shape index (κ1) is 13.1. The summed E-state index contributed by atoms with van der Waals surface area (Å²) in [6.45, 7) is 4.10. The molecule has 3 N–H and O–H groups in total. The number of hydrogen-bond acceptors (Lipinski definition) is 4. The molecule has 2 rings (SSSR count). The second kappa shape index (κ2) is 6.02. The summed E-state index contributed by atoms with van der Waals surface area (Å²) in [5.74, 6) is 0.969. The molecule has 1 aromatic heterocycles. The summed E-state index contributed by atoms with van der Waals surface area (Å²) in [6, 6.07) is 3.88. The van der Waals surface area contributed by atoms with Crippen LogP contribution in [0, 0.1) is 0 Å². The number of carbonyl (C=O) groups is 1. The molecule has 0 aliphatic carbocycles. The van der Waals surface area contributed by atoms with Gasteiger partial charge in [0.2, 0.25) is 5.91 Å². The van der Waals surface area contributed by atoms with Crippen LogP contribution in [0.3, 0.4) is 0 Å². The minimum atomic E-state index is -0.148. The van der Waals surface area contributed by atoms with Crippen LogP contribution in [0.25, 0.3) is 0 Å². The van der Waals surface area contributed by atoms with Crippen molar-refractivity contribution in [1.82, 2.24) is 10.2 Å². The number of amides is 1. The minimum Gasteiger partial charge on any atom is -0.468 e.